The molecule has 0 aliphatic carbocycles. The second-order valence-corrected chi connectivity index (χ2v) is 7.99. The summed E-state index contributed by atoms with van der Waals surface area (Å²) in [5, 5.41) is 7.55. The van der Waals surface area contributed by atoms with Crippen LogP contribution in [0.1, 0.15) is 55.9 Å². The average Bonchev–Trinajstić information content (AvgIpc) is 2.84. The molecule has 1 heterocycles. The Balaban J connectivity index is 1.83. The molecule has 0 aromatic heterocycles. The number of urea groups is 1. The Bertz CT molecular complexity index is 696. The maximum absolute atomic E-state index is 12.0. The van der Waals surface area contributed by atoms with Crippen LogP contribution in [-0.4, -0.2) is 30.4 Å². The van der Waals surface area contributed by atoms with E-state index in [1.54, 1.807) is 0 Å². The fourth-order valence-electron chi connectivity index (χ4n) is 3.17. The third-order valence-electron chi connectivity index (χ3n) is 4.78. The monoisotopic (exact) mass is 359 g/mol. The zero-order chi connectivity index (χ0) is 19.5. The molecule has 26 heavy (non-hydrogen) atoms. The van der Waals surface area contributed by atoms with Crippen LogP contribution in [0.3, 0.4) is 0 Å². The van der Waals surface area contributed by atoms with Gasteiger partial charge in [0.25, 0.3) is 5.91 Å². The maximum Gasteiger partial charge on any atom is 0.322 e. The summed E-state index contributed by atoms with van der Waals surface area (Å²) >= 11 is 0. The second-order valence-electron chi connectivity index (χ2n) is 7.99. The van der Waals surface area contributed by atoms with Crippen molar-refractivity contribution in [3.63, 3.8) is 0 Å². The van der Waals surface area contributed by atoms with E-state index in [-0.39, 0.29) is 23.7 Å². The smallest absolute Gasteiger partial charge is 0.322 e. The van der Waals surface area contributed by atoms with Crippen molar-refractivity contribution >= 4 is 17.8 Å². The number of amides is 4. The fraction of sp³-hybridized carbons (Fsp3) is 0.550. The zero-order valence-corrected chi connectivity index (χ0v) is 16.3. The summed E-state index contributed by atoms with van der Waals surface area (Å²) in [4.78, 5) is 34.5. The summed E-state index contributed by atoms with van der Waals surface area (Å²) in [7, 11) is 0. The summed E-state index contributed by atoms with van der Waals surface area (Å²) in [6.45, 7) is 11.4. The number of benzene rings is 1. The van der Waals surface area contributed by atoms with Gasteiger partial charge in [-0.05, 0) is 54.4 Å². The van der Waals surface area contributed by atoms with Crippen molar-refractivity contribution in [3.05, 3.63) is 34.4 Å². The van der Waals surface area contributed by atoms with Crippen LogP contribution < -0.4 is 16.0 Å². The van der Waals surface area contributed by atoms with E-state index in [1.165, 1.54) is 22.3 Å². The number of rotatable bonds is 6. The average molecular weight is 359 g/mol. The van der Waals surface area contributed by atoms with E-state index in [2.05, 4.69) is 62.7 Å². The first-order valence-corrected chi connectivity index (χ1v) is 9.06. The quantitative estimate of drug-likeness (QED) is 0.681. The minimum absolute atomic E-state index is 0.111. The molecule has 0 radical (unpaired) electrons. The topological polar surface area (TPSA) is 87.3 Å². The Morgan fingerprint density at radius 3 is 2.27 bits per heavy atom. The normalized spacial score (nSPS) is 17.0. The Hall–Kier alpha value is -2.37. The van der Waals surface area contributed by atoms with Crippen molar-refractivity contribution in [1.29, 1.82) is 0 Å². The molecule has 1 aromatic carbocycles. The molecule has 1 aliphatic heterocycles. The van der Waals surface area contributed by atoms with Crippen molar-refractivity contribution in [1.82, 2.24) is 16.0 Å². The van der Waals surface area contributed by atoms with Gasteiger partial charge in [-0.1, -0.05) is 32.9 Å². The van der Waals surface area contributed by atoms with E-state index in [0.29, 0.717) is 13.0 Å². The molecule has 0 bridgehead atoms. The predicted molar refractivity (Wildman–Crippen MR) is 101 cm³/mol. The summed E-state index contributed by atoms with van der Waals surface area (Å²) in [5.74, 6) is -0.478. The Morgan fingerprint density at radius 2 is 1.77 bits per heavy atom. The van der Waals surface area contributed by atoms with E-state index in [4.69, 9.17) is 0 Å². The lowest BCUT2D eigenvalue weighted by Crippen LogP contribution is -2.32. The highest BCUT2D eigenvalue weighted by Crippen LogP contribution is 2.27. The predicted octanol–water partition coefficient (Wildman–Crippen LogP) is 2.25. The van der Waals surface area contributed by atoms with E-state index in [9.17, 15) is 14.4 Å². The minimum Gasteiger partial charge on any atom is -0.356 e. The summed E-state index contributed by atoms with van der Waals surface area (Å²) in [6, 6.07) is 3.35. The van der Waals surface area contributed by atoms with Crippen molar-refractivity contribution in [2.75, 3.05) is 6.54 Å². The first kappa shape index (κ1) is 19.9. The van der Waals surface area contributed by atoms with Gasteiger partial charge in [-0.15, -0.1) is 0 Å². The van der Waals surface area contributed by atoms with E-state index in [1.807, 2.05) is 0 Å². The molecule has 0 spiro atoms. The van der Waals surface area contributed by atoms with E-state index >= 15 is 0 Å². The fourth-order valence-corrected chi connectivity index (χ4v) is 3.17. The number of imide groups is 1. The molecule has 4 amide bonds. The molecule has 1 atom stereocenters. The molecule has 6 nitrogen and oxygen atoms in total. The first-order chi connectivity index (χ1) is 12.1. The molecular formula is C20H29N3O3. The molecule has 1 fully saturated rings. The number of aryl methyl sites for hydroxylation is 2. The Kier molecular flexibility index (Phi) is 6.05. The molecular weight excluding hydrogens is 330 g/mol. The minimum atomic E-state index is -0.609. The van der Waals surface area contributed by atoms with Gasteiger partial charge in [0.2, 0.25) is 5.91 Å². The number of carbonyl (C=O) groups is 3. The van der Waals surface area contributed by atoms with Gasteiger partial charge in [-0.25, -0.2) is 4.79 Å². The van der Waals surface area contributed by atoms with Crippen LogP contribution in [0, 0.1) is 13.8 Å². The first-order valence-electron chi connectivity index (χ1n) is 9.06. The van der Waals surface area contributed by atoms with E-state index in [0.717, 1.165) is 6.42 Å². The van der Waals surface area contributed by atoms with Crippen LogP contribution in [0.15, 0.2) is 12.1 Å². The van der Waals surface area contributed by atoms with Crippen LogP contribution in [0.4, 0.5) is 4.79 Å². The molecule has 142 valence electrons. The van der Waals surface area contributed by atoms with Crippen molar-refractivity contribution in [2.24, 2.45) is 0 Å². The van der Waals surface area contributed by atoms with Crippen LogP contribution in [0.25, 0.3) is 0 Å². The number of hydrogen-bond acceptors (Lipinski definition) is 3. The molecule has 0 saturated carbocycles. The van der Waals surface area contributed by atoms with E-state index < -0.39 is 12.1 Å². The lowest BCUT2D eigenvalue weighted by Gasteiger charge is -2.22. The lowest BCUT2D eigenvalue weighted by atomic mass is 9.83. The number of nitrogens with one attached hydrogen (secondary N) is 3. The summed E-state index contributed by atoms with van der Waals surface area (Å²) < 4.78 is 0. The van der Waals surface area contributed by atoms with Gasteiger partial charge in [0.15, 0.2) is 0 Å². The highest BCUT2D eigenvalue weighted by Gasteiger charge is 2.29. The molecule has 1 aliphatic rings. The van der Waals surface area contributed by atoms with Crippen molar-refractivity contribution in [2.45, 2.75) is 65.3 Å². The Labute approximate surface area is 155 Å². The molecule has 3 N–H and O–H groups in total. The van der Waals surface area contributed by atoms with Crippen LogP contribution in [0.5, 0.6) is 0 Å². The van der Waals surface area contributed by atoms with Gasteiger partial charge in [0, 0.05) is 13.0 Å². The van der Waals surface area contributed by atoms with Crippen molar-refractivity contribution in [3.8, 4) is 0 Å². The molecule has 1 saturated heterocycles. The van der Waals surface area contributed by atoms with Crippen LogP contribution in [-0.2, 0) is 21.4 Å². The highest BCUT2D eigenvalue weighted by atomic mass is 16.2. The van der Waals surface area contributed by atoms with Crippen LogP contribution >= 0.6 is 0 Å². The van der Waals surface area contributed by atoms with Gasteiger partial charge in [-0.2, -0.15) is 0 Å². The number of carbonyl (C=O) groups excluding carboxylic acids is 3. The zero-order valence-electron chi connectivity index (χ0n) is 16.3. The molecule has 1 aromatic rings. The molecule has 0 unspecified atom stereocenters. The summed E-state index contributed by atoms with van der Waals surface area (Å²) in [5.41, 5.74) is 5.19. The third-order valence-corrected chi connectivity index (χ3v) is 4.78. The van der Waals surface area contributed by atoms with Gasteiger partial charge in [0.1, 0.15) is 6.04 Å². The summed E-state index contributed by atoms with van der Waals surface area (Å²) in [6.07, 6.45) is 1.29. The van der Waals surface area contributed by atoms with Crippen LogP contribution in [0.2, 0.25) is 0 Å². The Morgan fingerprint density at radius 1 is 1.15 bits per heavy atom. The van der Waals surface area contributed by atoms with Gasteiger partial charge < -0.3 is 10.6 Å². The third kappa shape index (κ3) is 5.07. The van der Waals surface area contributed by atoms with Crippen molar-refractivity contribution < 1.29 is 14.4 Å². The molecule has 2 rings (SSSR count). The lowest BCUT2D eigenvalue weighted by molar-refractivity contribution is -0.122. The highest BCUT2D eigenvalue weighted by molar-refractivity contribution is 6.04. The largest absolute Gasteiger partial charge is 0.356 e. The second kappa shape index (κ2) is 7.89. The van der Waals surface area contributed by atoms with Gasteiger partial charge >= 0.3 is 6.03 Å². The van der Waals surface area contributed by atoms with Gasteiger partial charge in [-0.3, -0.25) is 14.9 Å². The number of hydrogen-bond donors (Lipinski definition) is 3. The SMILES string of the molecule is Cc1cc(C(C)(C)C)cc(C)c1CCNC(=O)CC[C@H]1NC(=O)NC1=O. The van der Waals surface area contributed by atoms with Gasteiger partial charge in [0.05, 0.1) is 0 Å². The maximum atomic E-state index is 12.0. The molecule has 6 heteroatoms. The standard InChI is InChI=1S/C20H29N3O3/c1-12-10-14(20(3,4)5)11-13(2)15(12)8-9-21-17(24)7-6-16-18(25)23-19(26)22-16/h10-11,16H,6-9H2,1-5H3,(H,21,24)(H2,22,23,25,26)/t16-/m1/s1.